The van der Waals surface area contributed by atoms with Crippen molar-refractivity contribution < 1.29 is 9.47 Å². The van der Waals surface area contributed by atoms with Gasteiger partial charge in [0.15, 0.2) is 11.5 Å². The maximum Gasteiger partial charge on any atom is 0.162 e. The molecule has 0 N–H and O–H groups in total. The van der Waals surface area contributed by atoms with Crippen molar-refractivity contribution in [3.63, 3.8) is 0 Å². The molecule has 1 aromatic rings. The van der Waals surface area contributed by atoms with E-state index in [2.05, 4.69) is 13.8 Å². The Morgan fingerprint density at radius 3 is 2.19 bits per heavy atom. The summed E-state index contributed by atoms with van der Waals surface area (Å²) >= 11 is 13.2. The van der Waals surface area contributed by atoms with Gasteiger partial charge >= 0.3 is 0 Å². The second-order valence-corrected chi connectivity index (χ2v) is 6.49. The zero-order chi connectivity index (χ0) is 15.2. The average Bonchev–Trinajstić information content (AvgIpc) is 2.70. The second kappa shape index (κ2) is 8.14. The van der Waals surface area contributed by atoms with Crippen molar-refractivity contribution >= 4 is 23.2 Å². The van der Waals surface area contributed by atoms with Crippen molar-refractivity contribution in [2.75, 3.05) is 13.2 Å². The van der Waals surface area contributed by atoms with Crippen LogP contribution in [0.3, 0.4) is 0 Å². The number of hydrogen-bond acceptors (Lipinski definition) is 2. The molecule has 0 saturated heterocycles. The van der Waals surface area contributed by atoms with Gasteiger partial charge in [0.25, 0.3) is 0 Å². The molecule has 2 nitrogen and oxygen atoms in total. The van der Waals surface area contributed by atoms with Crippen molar-refractivity contribution in [2.24, 2.45) is 5.92 Å². The maximum absolute atomic E-state index is 6.74. The predicted molar refractivity (Wildman–Crippen MR) is 89.0 cm³/mol. The van der Waals surface area contributed by atoms with E-state index in [1.807, 2.05) is 12.1 Å². The molecule has 0 fully saturated rings. The molecule has 1 aliphatic heterocycles. The lowest BCUT2D eigenvalue weighted by Crippen LogP contribution is -2.09. The van der Waals surface area contributed by atoms with Crippen LogP contribution in [0.2, 0.25) is 5.02 Å². The van der Waals surface area contributed by atoms with E-state index in [9.17, 15) is 0 Å². The fourth-order valence-corrected chi connectivity index (χ4v) is 3.60. The lowest BCUT2D eigenvalue weighted by Gasteiger charge is -2.23. The zero-order valence-electron chi connectivity index (χ0n) is 12.8. The highest BCUT2D eigenvalue weighted by molar-refractivity contribution is 6.33. The van der Waals surface area contributed by atoms with E-state index in [1.54, 1.807) is 0 Å². The summed E-state index contributed by atoms with van der Waals surface area (Å²) in [6.07, 6.45) is 5.39. The van der Waals surface area contributed by atoms with Crippen LogP contribution in [0.1, 0.15) is 56.9 Å². The summed E-state index contributed by atoms with van der Waals surface area (Å²) < 4.78 is 11.4. The van der Waals surface area contributed by atoms with E-state index < -0.39 is 0 Å². The molecule has 0 aliphatic carbocycles. The van der Waals surface area contributed by atoms with Crippen LogP contribution in [0.5, 0.6) is 11.5 Å². The summed E-state index contributed by atoms with van der Waals surface area (Å²) in [5.41, 5.74) is 0.967. The quantitative estimate of drug-likeness (QED) is 0.595. The number of benzene rings is 1. The molecule has 1 unspecified atom stereocenters. The standard InChI is InChI=1S/C17H24Cl2O2/c1-3-6-12(7-4-2)17(19)13-10-15-16(11-14(13)18)21-9-5-8-20-15/h10-12,17H,3-9H2,1-2H3. The first-order valence-corrected chi connectivity index (χ1v) is 8.71. The van der Waals surface area contributed by atoms with Gasteiger partial charge in [-0.3, -0.25) is 0 Å². The molecule has 2 rings (SSSR count). The van der Waals surface area contributed by atoms with E-state index in [4.69, 9.17) is 32.7 Å². The van der Waals surface area contributed by atoms with Gasteiger partial charge in [-0.1, -0.05) is 38.3 Å². The molecule has 118 valence electrons. The molecule has 21 heavy (non-hydrogen) atoms. The summed E-state index contributed by atoms with van der Waals surface area (Å²) in [5, 5.41) is 0.603. The molecule has 1 aliphatic rings. The molecule has 0 saturated carbocycles. The first kappa shape index (κ1) is 16.8. The maximum atomic E-state index is 6.74. The molecule has 0 spiro atoms. The molecular formula is C17H24Cl2O2. The van der Waals surface area contributed by atoms with Crippen LogP contribution in [0.25, 0.3) is 0 Å². The third-order valence-corrected chi connectivity index (χ3v) is 4.82. The van der Waals surface area contributed by atoms with Crippen molar-refractivity contribution in [1.82, 2.24) is 0 Å². The first-order valence-electron chi connectivity index (χ1n) is 7.90. The van der Waals surface area contributed by atoms with Gasteiger partial charge < -0.3 is 9.47 Å². The summed E-state index contributed by atoms with van der Waals surface area (Å²) in [4.78, 5) is 0. The third-order valence-electron chi connectivity index (χ3n) is 3.90. The largest absolute Gasteiger partial charge is 0.490 e. The van der Waals surface area contributed by atoms with Crippen molar-refractivity contribution in [1.29, 1.82) is 0 Å². The van der Waals surface area contributed by atoms with Crippen molar-refractivity contribution in [3.8, 4) is 11.5 Å². The van der Waals surface area contributed by atoms with E-state index >= 15 is 0 Å². The van der Waals surface area contributed by atoms with Crippen LogP contribution in [-0.2, 0) is 0 Å². The molecule has 0 radical (unpaired) electrons. The van der Waals surface area contributed by atoms with Crippen molar-refractivity contribution in [2.45, 2.75) is 51.3 Å². The molecule has 0 bridgehead atoms. The van der Waals surface area contributed by atoms with Gasteiger partial charge in [0, 0.05) is 17.5 Å². The SMILES string of the molecule is CCCC(CCC)C(Cl)c1cc2c(cc1Cl)OCCCO2. The Morgan fingerprint density at radius 1 is 1.05 bits per heavy atom. The molecule has 1 aromatic carbocycles. The van der Waals surface area contributed by atoms with E-state index in [1.165, 1.54) is 0 Å². The molecule has 4 heteroatoms. The molecule has 1 heterocycles. The topological polar surface area (TPSA) is 18.5 Å². The Morgan fingerprint density at radius 2 is 1.62 bits per heavy atom. The van der Waals surface area contributed by atoms with Crippen molar-refractivity contribution in [3.05, 3.63) is 22.7 Å². The van der Waals surface area contributed by atoms with Crippen LogP contribution >= 0.6 is 23.2 Å². The lowest BCUT2D eigenvalue weighted by molar-refractivity contribution is 0.297. The zero-order valence-corrected chi connectivity index (χ0v) is 14.3. The minimum absolute atomic E-state index is 0.0745. The molecule has 1 atom stereocenters. The Labute approximate surface area is 137 Å². The third kappa shape index (κ3) is 4.20. The minimum atomic E-state index is -0.0745. The fraction of sp³-hybridized carbons (Fsp3) is 0.647. The number of hydrogen-bond donors (Lipinski definition) is 0. The number of halogens is 2. The summed E-state index contributed by atoms with van der Waals surface area (Å²) in [7, 11) is 0. The Kier molecular flexibility index (Phi) is 6.50. The lowest BCUT2D eigenvalue weighted by atomic mass is 9.90. The normalized spacial score (nSPS) is 15.9. The Hall–Kier alpha value is -0.600. The highest BCUT2D eigenvalue weighted by atomic mass is 35.5. The van der Waals surface area contributed by atoms with Crippen LogP contribution in [0, 0.1) is 5.92 Å². The highest BCUT2D eigenvalue weighted by Crippen LogP contribution is 2.43. The fourth-order valence-electron chi connectivity index (χ4n) is 2.84. The van der Waals surface area contributed by atoms with Crippen LogP contribution in [0.15, 0.2) is 12.1 Å². The number of ether oxygens (including phenoxy) is 2. The smallest absolute Gasteiger partial charge is 0.162 e. The summed E-state index contributed by atoms with van der Waals surface area (Å²) in [6, 6.07) is 3.82. The highest BCUT2D eigenvalue weighted by Gasteiger charge is 2.24. The van der Waals surface area contributed by atoms with Gasteiger partial charge in [0.2, 0.25) is 0 Å². The average molecular weight is 331 g/mol. The Balaban J connectivity index is 2.27. The van der Waals surface area contributed by atoms with Gasteiger partial charge in [0.05, 0.1) is 18.6 Å². The Bertz CT molecular complexity index is 456. The number of fused-ring (bicyclic) bond motifs is 1. The van der Waals surface area contributed by atoms with E-state index in [0.717, 1.165) is 49.2 Å². The van der Waals surface area contributed by atoms with Crippen LogP contribution in [0.4, 0.5) is 0 Å². The first-order chi connectivity index (χ1) is 10.2. The van der Waals surface area contributed by atoms with Gasteiger partial charge in [-0.25, -0.2) is 0 Å². The van der Waals surface area contributed by atoms with E-state index in [0.29, 0.717) is 24.2 Å². The summed E-state index contributed by atoms with van der Waals surface area (Å²) in [6.45, 7) is 5.74. The van der Waals surface area contributed by atoms with Crippen LogP contribution < -0.4 is 9.47 Å². The molecule has 0 aromatic heterocycles. The van der Waals surface area contributed by atoms with Gasteiger partial charge in [-0.2, -0.15) is 0 Å². The second-order valence-electron chi connectivity index (χ2n) is 5.61. The number of alkyl halides is 1. The van der Waals surface area contributed by atoms with Gasteiger partial charge in [-0.05, 0) is 30.4 Å². The van der Waals surface area contributed by atoms with Crippen LogP contribution in [-0.4, -0.2) is 13.2 Å². The molecular weight excluding hydrogens is 307 g/mol. The van der Waals surface area contributed by atoms with Gasteiger partial charge in [0.1, 0.15) is 0 Å². The minimum Gasteiger partial charge on any atom is -0.490 e. The van der Waals surface area contributed by atoms with Gasteiger partial charge in [-0.15, -0.1) is 11.6 Å². The molecule has 0 amide bonds. The predicted octanol–water partition coefficient (Wildman–Crippen LogP) is 6.00. The van der Waals surface area contributed by atoms with E-state index in [-0.39, 0.29) is 5.38 Å². The number of rotatable bonds is 6. The summed E-state index contributed by atoms with van der Waals surface area (Å²) in [5.74, 6) is 1.95. The monoisotopic (exact) mass is 330 g/mol.